The lowest BCUT2D eigenvalue weighted by Crippen LogP contribution is -2.56. The maximum absolute atomic E-state index is 11.5. The summed E-state index contributed by atoms with van der Waals surface area (Å²) < 4.78 is 10.5. The Morgan fingerprint density at radius 3 is 2.65 bits per heavy atom. The zero-order chi connectivity index (χ0) is 12.6. The van der Waals surface area contributed by atoms with Gasteiger partial charge in [0.05, 0.1) is 19.3 Å². The molecule has 3 atom stereocenters. The molecule has 2 aliphatic rings. The summed E-state index contributed by atoms with van der Waals surface area (Å²) in [6, 6.07) is 0. The summed E-state index contributed by atoms with van der Waals surface area (Å²) in [7, 11) is 0. The number of carbonyl (C=O) groups excluding carboxylic acids is 1. The van der Waals surface area contributed by atoms with Gasteiger partial charge in [0.25, 0.3) is 0 Å². The smallest absolute Gasteiger partial charge is 0.333 e. The molecule has 1 saturated carbocycles. The molecule has 0 aromatic rings. The van der Waals surface area contributed by atoms with Gasteiger partial charge in [0.1, 0.15) is 6.10 Å². The molecule has 1 heterocycles. The Labute approximate surface area is 102 Å². The van der Waals surface area contributed by atoms with Crippen molar-refractivity contribution in [2.24, 2.45) is 11.3 Å². The summed E-state index contributed by atoms with van der Waals surface area (Å²) in [5.74, 6) is -0.00960. The van der Waals surface area contributed by atoms with Crippen molar-refractivity contribution in [3.05, 3.63) is 12.2 Å². The van der Waals surface area contributed by atoms with Crippen molar-refractivity contribution >= 4 is 5.97 Å². The molecular weight excluding hydrogens is 220 g/mol. The van der Waals surface area contributed by atoms with E-state index >= 15 is 0 Å². The molecule has 1 aliphatic heterocycles. The van der Waals surface area contributed by atoms with E-state index in [0.29, 0.717) is 37.5 Å². The number of ether oxygens (including phenoxy) is 2. The SMILES string of the molecule is C=C(C)C(=O)OC1CC(C)C2(COC2)CC1O. The standard InChI is InChI=1S/C13H20O4/c1-8(2)12(15)17-11-4-9(3)13(5-10(11)14)6-16-7-13/h9-11,14H,1,4-7H2,2-3H3. The van der Waals surface area contributed by atoms with Gasteiger partial charge in [-0.1, -0.05) is 13.5 Å². The lowest BCUT2D eigenvalue weighted by Gasteiger charge is -2.52. The molecule has 0 amide bonds. The summed E-state index contributed by atoms with van der Waals surface area (Å²) in [4.78, 5) is 11.5. The van der Waals surface area contributed by atoms with Crippen LogP contribution in [0.25, 0.3) is 0 Å². The summed E-state index contributed by atoms with van der Waals surface area (Å²) in [5.41, 5.74) is 0.475. The Hall–Kier alpha value is -0.870. The number of esters is 1. The third-order valence-electron chi connectivity index (χ3n) is 4.06. The molecule has 0 aromatic heterocycles. The predicted octanol–water partition coefficient (Wildman–Crippen LogP) is 1.28. The summed E-state index contributed by atoms with van der Waals surface area (Å²) in [6.07, 6.45) is 0.366. The van der Waals surface area contributed by atoms with Gasteiger partial charge in [-0.3, -0.25) is 0 Å². The van der Waals surface area contributed by atoms with Gasteiger partial charge in [0.2, 0.25) is 0 Å². The predicted molar refractivity (Wildman–Crippen MR) is 62.4 cm³/mol. The highest BCUT2D eigenvalue weighted by atomic mass is 16.6. The highest BCUT2D eigenvalue weighted by Crippen LogP contribution is 2.47. The van der Waals surface area contributed by atoms with Crippen LogP contribution >= 0.6 is 0 Å². The highest BCUT2D eigenvalue weighted by Gasteiger charge is 2.51. The maximum Gasteiger partial charge on any atom is 0.333 e. The number of carbonyl (C=O) groups is 1. The van der Waals surface area contributed by atoms with Crippen molar-refractivity contribution in [1.82, 2.24) is 0 Å². The monoisotopic (exact) mass is 240 g/mol. The van der Waals surface area contributed by atoms with Gasteiger partial charge >= 0.3 is 5.97 Å². The average molecular weight is 240 g/mol. The Morgan fingerprint density at radius 1 is 1.53 bits per heavy atom. The van der Waals surface area contributed by atoms with Gasteiger partial charge in [-0.05, 0) is 25.7 Å². The van der Waals surface area contributed by atoms with E-state index in [1.165, 1.54) is 0 Å². The Balaban J connectivity index is 1.97. The van der Waals surface area contributed by atoms with Gasteiger partial charge in [0.15, 0.2) is 0 Å². The zero-order valence-electron chi connectivity index (χ0n) is 10.4. The van der Waals surface area contributed by atoms with Crippen LogP contribution in [0.4, 0.5) is 0 Å². The zero-order valence-corrected chi connectivity index (χ0v) is 10.4. The largest absolute Gasteiger partial charge is 0.456 e. The van der Waals surface area contributed by atoms with E-state index in [1.807, 2.05) is 0 Å². The first-order valence-electron chi connectivity index (χ1n) is 6.07. The van der Waals surface area contributed by atoms with E-state index < -0.39 is 18.2 Å². The number of hydrogen-bond acceptors (Lipinski definition) is 4. The van der Waals surface area contributed by atoms with Crippen LogP contribution in [0.2, 0.25) is 0 Å². The molecular formula is C13H20O4. The molecule has 0 aromatic carbocycles. The second kappa shape index (κ2) is 4.42. The second-order valence-electron chi connectivity index (χ2n) is 5.49. The number of rotatable bonds is 2. The first-order chi connectivity index (χ1) is 7.94. The van der Waals surface area contributed by atoms with Crippen LogP contribution in [0.3, 0.4) is 0 Å². The Morgan fingerprint density at radius 2 is 2.18 bits per heavy atom. The molecule has 4 nitrogen and oxygen atoms in total. The lowest BCUT2D eigenvalue weighted by atomic mass is 9.64. The molecule has 1 aliphatic carbocycles. The molecule has 1 saturated heterocycles. The molecule has 2 fully saturated rings. The first kappa shape index (κ1) is 12.6. The van der Waals surface area contributed by atoms with E-state index in [1.54, 1.807) is 6.92 Å². The molecule has 3 unspecified atom stereocenters. The fourth-order valence-electron chi connectivity index (χ4n) is 2.64. The minimum atomic E-state index is -0.585. The van der Waals surface area contributed by atoms with Crippen molar-refractivity contribution < 1.29 is 19.4 Å². The van der Waals surface area contributed by atoms with Gasteiger partial charge in [-0.25, -0.2) is 4.79 Å². The highest BCUT2D eigenvalue weighted by molar-refractivity contribution is 5.87. The third-order valence-corrected chi connectivity index (χ3v) is 4.06. The lowest BCUT2D eigenvalue weighted by molar-refractivity contribution is -0.205. The third kappa shape index (κ3) is 2.24. The fourth-order valence-corrected chi connectivity index (χ4v) is 2.64. The molecule has 0 radical (unpaired) electrons. The van der Waals surface area contributed by atoms with Crippen LogP contribution in [0.1, 0.15) is 26.7 Å². The van der Waals surface area contributed by atoms with Gasteiger partial charge < -0.3 is 14.6 Å². The molecule has 4 heteroatoms. The minimum absolute atomic E-state index is 0.103. The topological polar surface area (TPSA) is 55.8 Å². The molecule has 0 bridgehead atoms. The number of aliphatic hydroxyl groups is 1. The van der Waals surface area contributed by atoms with Crippen LogP contribution < -0.4 is 0 Å². The van der Waals surface area contributed by atoms with Crippen molar-refractivity contribution in [2.75, 3.05) is 13.2 Å². The first-order valence-corrected chi connectivity index (χ1v) is 6.07. The van der Waals surface area contributed by atoms with Gasteiger partial charge in [-0.2, -0.15) is 0 Å². The molecule has 17 heavy (non-hydrogen) atoms. The van der Waals surface area contributed by atoms with Crippen LogP contribution in [-0.2, 0) is 14.3 Å². The van der Waals surface area contributed by atoms with E-state index in [2.05, 4.69) is 13.5 Å². The van der Waals surface area contributed by atoms with Gasteiger partial charge in [-0.15, -0.1) is 0 Å². The summed E-state index contributed by atoms with van der Waals surface area (Å²) >= 11 is 0. The summed E-state index contributed by atoms with van der Waals surface area (Å²) in [6.45, 7) is 8.72. The van der Waals surface area contributed by atoms with Crippen molar-refractivity contribution in [1.29, 1.82) is 0 Å². The van der Waals surface area contributed by atoms with Crippen molar-refractivity contribution in [3.8, 4) is 0 Å². The van der Waals surface area contributed by atoms with Crippen LogP contribution in [0.15, 0.2) is 12.2 Å². The van der Waals surface area contributed by atoms with E-state index in [9.17, 15) is 9.90 Å². The van der Waals surface area contributed by atoms with Gasteiger partial charge in [0, 0.05) is 11.0 Å². The van der Waals surface area contributed by atoms with Crippen LogP contribution in [-0.4, -0.2) is 36.5 Å². The number of aliphatic hydroxyl groups excluding tert-OH is 1. The average Bonchev–Trinajstić information content (AvgIpc) is 2.20. The van der Waals surface area contributed by atoms with Crippen LogP contribution in [0.5, 0.6) is 0 Å². The normalized spacial score (nSPS) is 35.1. The molecule has 1 N–H and O–H groups in total. The van der Waals surface area contributed by atoms with Crippen molar-refractivity contribution in [3.63, 3.8) is 0 Å². The van der Waals surface area contributed by atoms with E-state index in [4.69, 9.17) is 9.47 Å². The second-order valence-corrected chi connectivity index (χ2v) is 5.49. The maximum atomic E-state index is 11.5. The molecule has 96 valence electrons. The van der Waals surface area contributed by atoms with Crippen molar-refractivity contribution in [2.45, 2.75) is 38.9 Å². The molecule has 2 rings (SSSR count). The van der Waals surface area contributed by atoms with E-state index in [0.717, 1.165) is 0 Å². The Bertz CT molecular complexity index is 332. The Kier molecular flexibility index (Phi) is 3.27. The fraction of sp³-hybridized carbons (Fsp3) is 0.769. The minimum Gasteiger partial charge on any atom is -0.456 e. The molecule has 1 spiro atoms. The summed E-state index contributed by atoms with van der Waals surface area (Å²) in [5, 5.41) is 10.1. The van der Waals surface area contributed by atoms with Crippen LogP contribution in [0, 0.1) is 11.3 Å². The quantitative estimate of drug-likeness (QED) is 0.583. The number of hydrogen-bond donors (Lipinski definition) is 1. The van der Waals surface area contributed by atoms with E-state index in [-0.39, 0.29) is 5.41 Å².